The fraction of sp³-hybridized carbons (Fsp3) is 0.417. The molecule has 2 aromatic rings. The quantitative estimate of drug-likeness (QED) is 0.792. The maximum atomic E-state index is 6.15. The first-order chi connectivity index (χ1) is 7.81. The van der Waals surface area contributed by atoms with Crippen molar-refractivity contribution in [2.75, 3.05) is 13.1 Å². The van der Waals surface area contributed by atoms with Crippen molar-refractivity contribution in [2.24, 2.45) is 5.92 Å². The second kappa shape index (κ2) is 2.79. The van der Waals surface area contributed by atoms with E-state index in [0.29, 0.717) is 5.41 Å². The molecular weight excluding hydrogens is 222 g/mol. The molecule has 1 aliphatic heterocycles. The molecule has 2 heterocycles. The van der Waals surface area contributed by atoms with Gasteiger partial charge in [0.1, 0.15) is 0 Å². The van der Waals surface area contributed by atoms with Crippen LogP contribution >= 0.6 is 11.6 Å². The van der Waals surface area contributed by atoms with Crippen LogP contribution in [0.3, 0.4) is 0 Å². The molecule has 0 bridgehead atoms. The van der Waals surface area contributed by atoms with Gasteiger partial charge in [0.15, 0.2) is 0 Å². The molecule has 4 rings (SSSR count). The zero-order valence-electron chi connectivity index (χ0n) is 8.76. The Kier molecular flexibility index (Phi) is 1.57. The molecule has 2 unspecified atom stereocenters. The van der Waals surface area contributed by atoms with Crippen molar-refractivity contribution in [1.82, 2.24) is 15.5 Å². The highest BCUT2D eigenvalue weighted by atomic mass is 35.5. The number of nitrogens with zero attached hydrogens (tertiary/aromatic N) is 1. The number of benzene rings is 1. The standard InChI is InChI=1S/C12H12ClN3/c13-9-3-1-2-8-10(9)15-16-11(8)12-4-7(12)5-14-6-12/h1-3,7,14H,4-6H2,(H,15,16). The molecule has 1 saturated carbocycles. The van der Waals surface area contributed by atoms with Gasteiger partial charge in [0.25, 0.3) is 0 Å². The Morgan fingerprint density at radius 1 is 1.44 bits per heavy atom. The van der Waals surface area contributed by atoms with E-state index in [1.54, 1.807) is 0 Å². The van der Waals surface area contributed by atoms with Crippen molar-refractivity contribution in [1.29, 1.82) is 0 Å². The van der Waals surface area contributed by atoms with E-state index in [1.165, 1.54) is 17.5 Å². The van der Waals surface area contributed by atoms with Crippen molar-refractivity contribution in [2.45, 2.75) is 11.8 Å². The van der Waals surface area contributed by atoms with Gasteiger partial charge in [-0.3, -0.25) is 5.10 Å². The minimum Gasteiger partial charge on any atom is -0.315 e. The van der Waals surface area contributed by atoms with Gasteiger partial charge in [-0.2, -0.15) is 5.10 Å². The predicted octanol–water partition coefficient (Wildman–Crippen LogP) is 2.08. The van der Waals surface area contributed by atoms with Crippen LogP contribution in [0.2, 0.25) is 5.02 Å². The van der Waals surface area contributed by atoms with E-state index in [1.807, 2.05) is 12.1 Å². The lowest BCUT2D eigenvalue weighted by Gasteiger charge is -2.08. The number of piperidine rings is 1. The summed E-state index contributed by atoms with van der Waals surface area (Å²) in [6.45, 7) is 2.19. The number of aromatic amines is 1. The normalized spacial score (nSPS) is 31.9. The molecule has 3 nitrogen and oxygen atoms in total. The molecule has 0 radical (unpaired) electrons. The Balaban J connectivity index is 1.96. The third-order valence-electron chi connectivity index (χ3n) is 4.08. The monoisotopic (exact) mass is 233 g/mol. The fourth-order valence-electron chi connectivity index (χ4n) is 3.09. The summed E-state index contributed by atoms with van der Waals surface area (Å²) in [7, 11) is 0. The number of nitrogens with one attached hydrogen (secondary N) is 2. The zero-order chi connectivity index (χ0) is 10.8. The molecule has 0 spiro atoms. The van der Waals surface area contributed by atoms with E-state index in [4.69, 9.17) is 11.6 Å². The van der Waals surface area contributed by atoms with Crippen molar-refractivity contribution >= 4 is 22.5 Å². The molecule has 4 heteroatoms. The van der Waals surface area contributed by atoms with Crippen LogP contribution in [-0.4, -0.2) is 23.3 Å². The molecule has 0 amide bonds. The van der Waals surface area contributed by atoms with Gasteiger partial charge >= 0.3 is 0 Å². The van der Waals surface area contributed by atoms with Gasteiger partial charge in [-0.1, -0.05) is 23.7 Å². The van der Waals surface area contributed by atoms with Crippen molar-refractivity contribution in [3.63, 3.8) is 0 Å². The highest BCUT2D eigenvalue weighted by molar-refractivity contribution is 6.35. The second-order valence-electron chi connectivity index (χ2n) is 4.92. The highest BCUT2D eigenvalue weighted by Crippen LogP contribution is 2.57. The number of H-pyrrole nitrogens is 1. The molecule has 82 valence electrons. The summed E-state index contributed by atoms with van der Waals surface area (Å²) < 4.78 is 0. The maximum absolute atomic E-state index is 6.15. The van der Waals surface area contributed by atoms with E-state index in [2.05, 4.69) is 21.6 Å². The molecule has 1 aromatic heterocycles. The van der Waals surface area contributed by atoms with Gasteiger partial charge in [-0.15, -0.1) is 0 Å². The van der Waals surface area contributed by atoms with Gasteiger partial charge in [0.05, 0.1) is 16.2 Å². The van der Waals surface area contributed by atoms with Crippen LogP contribution in [0.4, 0.5) is 0 Å². The topological polar surface area (TPSA) is 40.7 Å². The van der Waals surface area contributed by atoms with Crippen molar-refractivity contribution in [3.05, 3.63) is 28.9 Å². The van der Waals surface area contributed by atoms with Gasteiger partial charge in [-0.25, -0.2) is 0 Å². The van der Waals surface area contributed by atoms with E-state index in [-0.39, 0.29) is 0 Å². The first-order valence-corrected chi connectivity index (χ1v) is 6.03. The van der Waals surface area contributed by atoms with Crippen LogP contribution in [0.1, 0.15) is 12.1 Å². The van der Waals surface area contributed by atoms with Crippen LogP contribution in [0.5, 0.6) is 0 Å². The Hall–Kier alpha value is -1.06. The van der Waals surface area contributed by atoms with Crippen LogP contribution in [-0.2, 0) is 5.41 Å². The Morgan fingerprint density at radius 3 is 3.12 bits per heavy atom. The van der Waals surface area contributed by atoms with E-state index < -0.39 is 0 Å². The number of para-hydroxylation sites is 1. The van der Waals surface area contributed by atoms with Gasteiger partial charge < -0.3 is 5.32 Å². The first-order valence-electron chi connectivity index (χ1n) is 5.65. The van der Waals surface area contributed by atoms with Gasteiger partial charge in [0, 0.05) is 17.3 Å². The average Bonchev–Trinajstić information content (AvgIpc) is 2.70. The SMILES string of the molecule is Clc1cccc2c(C34CNCC3C4)n[nH]c12. The molecular formula is C12H12ClN3. The van der Waals surface area contributed by atoms with Gasteiger partial charge in [-0.05, 0) is 24.9 Å². The minimum absolute atomic E-state index is 0.295. The number of hydrogen-bond donors (Lipinski definition) is 2. The number of rotatable bonds is 1. The maximum Gasteiger partial charge on any atom is 0.0839 e. The summed E-state index contributed by atoms with van der Waals surface area (Å²) in [5.74, 6) is 0.776. The van der Waals surface area contributed by atoms with Crippen LogP contribution in [0.15, 0.2) is 18.2 Å². The number of hydrogen-bond acceptors (Lipinski definition) is 2. The minimum atomic E-state index is 0.295. The molecule has 2 fully saturated rings. The van der Waals surface area contributed by atoms with Crippen LogP contribution < -0.4 is 5.32 Å². The van der Waals surface area contributed by atoms with Crippen LogP contribution in [0.25, 0.3) is 10.9 Å². The lowest BCUT2D eigenvalue weighted by molar-refractivity contribution is 0.658. The van der Waals surface area contributed by atoms with Crippen molar-refractivity contribution in [3.8, 4) is 0 Å². The van der Waals surface area contributed by atoms with E-state index >= 15 is 0 Å². The molecule has 2 atom stereocenters. The van der Waals surface area contributed by atoms with E-state index in [0.717, 1.165) is 29.5 Å². The molecule has 1 aliphatic carbocycles. The Morgan fingerprint density at radius 2 is 2.38 bits per heavy atom. The molecule has 2 N–H and O–H groups in total. The molecule has 2 aliphatic rings. The lowest BCUT2D eigenvalue weighted by atomic mass is 9.98. The summed E-state index contributed by atoms with van der Waals surface area (Å²) in [6.07, 6.45) is 1.27. The number of halogens is 1. The number of fused-ring (bicyclic) bond motifs is 2. The predicted molar refractivity (Wildman–Crippen MR) is 63.8 cm³/mol. The lowest BCUT2D eigenvalue weighted by Crippen LogP contribution is -2.19. The fourth-order valence-corrected chi connectivity index (χ4v) is 3.31. The van der Waals surface area contributed by atoms with Crippen molar-refractivity contribution < 1.29 is 0 Å². The van der Waals surface area contributed by atoms with Crippen LogP contribution in [0, 0.1) is 5.92 Å². The first kappa shape index (κ1) is 9.02. The summed E-state index contributed by atoms with van der Waals surface area (Å²) in [4.78, 5) is 0. The molecule has 1 saturated heterocycles. The smallest absolute Gasteiger partial charge is 0.0839 e. The third-order valence-corrected chi connectivity index (χ3v) is 4.40. The summed E-state index contributed by atoms with van der Waals surface area (Å²) >= 11 is 6.15. The zero-order valence-corrected chi connectivity index (χ0v) is 9.51. The largest absolute Gasteiger partial charge is 0.315 e. The summed E-state index contributed by atoms with van der Waals surface area (Å²) in [5, 5.41) is 13.0. The third kappa shape index (κ3) is 0.955. The summed E-state index contributed by atoms with van der Waals surface area (Å²) in [5.41, 5.74) is 2.48. The number of aromatic nitrogens is 2. The average molecular weight is 234 g/mol. The van der Waals surface area contributed by atoms with Gasteiger partial charge in [0.2, 0.25) is 0 Å². The second-order valence-corrected chi connectivity index (χ2v) is 5.33. The summed E-state index contributed by atoms with van der Waals surface area (Å²) in [6, 6.07) is 6.02. The molecule has 16 heavy (non-hydrogen) atoms. The Bertz CT molecular complexity index is 577. The van der Waals surface area contributed by atoms with E-state index in [9.17, 15) is 0 Å². The highest BCUT2D eigenvalue weighted by Gasteiger charge is 2.60. The molecule has 1 aromatic carbocycles. The Labute approximate surface area is 98.2 Å².